The maximum absolute atomic E-state index is 9.14. The summed E-state index contributed by atoms with van der Waals surface area (Å²) in [5.41, 5.74) is 0. The fourth-order valence-electron chi connectivity index (χ4n) is 1.06. The molecular weight excluding hydrogens is 168 g/mol. The van der Waals surface area contributed by atoms with Crippen molar-refractivity contribution in [2.45, 2.75) is 13.0 Å². The SMILES string of the molecule is COCC(C)Oc1cccc(O)c1. The molecule has 1 N–H and O–H groups in total. The molecule has 1 atom stereocenters. The maximum atomic E-state index is 9.14. The van der Waals surface area contributed by atoms with Crippen LogP contribution in [-0.4, -0.2) is 24.9 Å². The second-order valence-electron chi connectivity index (χ2n) is 2.88. The van der Waals surface area contributed by atoms with E-state index in [1.165, 1.54) is 0 Å². The molecule has 0 aliphatic carbocycles. The molecule has 1 aromatic carbocycles. The first kappa shape index (κ1) is 9.86. The minimum Gasteiger partial charge on any atom is -0.508 e. The number of aromatic hydroxyl groups is 1. The van der Waals surface area contributed by atoms with Crippen LogP contribution >= 0.6 is 0 Å². The van der Waals surface area contributed by atoms with E-state index in [2.05, 4.69) is 0 Å². The summed E-state index contributed by atoms with van der Waals surface area (Å²) >= 11 is 0. The van der Waals surface area contributed by atoms with Crippen molar-refractivity contribution in [3.63, 3.8) is 0 Å². The van der Waals surface area contributed by atoms with Crippen LogP contribution in [0.15, 0.2) is 24.3 Å². The van der Waals surface area contributed by atoms with E-state index in [9.17, 15) is 0 Å². The Morgan fingerprint density at radius 2 is 2.23 bits per heavy atom. The molecule has 0 aliphatic rings. The van der Waals surface area contributed by atoms with Gasteiger partial charge in [-0.1, -0.05) is 6.07 Å². The van der Waals surface area contributed by atoms with Crippen molar-refractivity contribution in [1.29, 1.82) is 0 Å². The lowest BCUT2D eigenvalue weighted by Crippen LogP contribution is -2.17. The van der Waals surface area contributed by atoms with Gasteiger partial charge in [-0.15, -0.1) is 0 Å². The van der Waals surface area contributed by atoms with E-state index in [4.69, 9.17) is 14.6 Å². The number of methoxy groups -OCH3 is 1. The van der Waals surface area contributed by atoms with E-state index in [1.54, 1.807) is 31.4 Å². The fourth-order valence-corrected chi connectivity index (χ4v) is 1.06. The molecule has 1 aromatic rings. The summed E-state index contributed by atoms with van der Waals surface area (Å²) in [6.45, 7) is 2.45. The zero-order valence-electron chi connectivity index (χ0n) is 7.86. The lowest BCUT2D eigenvalue weighted by atomic mass is 10.3. The molecule has 0 fully saturated rings. The summed E-state index contributed by atoms with van der Waals surface area (Å²) in [7, 11) is 1.63. The lowest BCUT2D eigenvalue weighted by Gasteiger charge is -2.13. The van der Waals surface area contributed by atoms with Crippen LogP contribution in [0.2, 0.25) is 0 Å². The molecule has 13 heavy (non-hydrogen) atoms. The first-order valence-electron chi connectivity index (χ1n) is 4.17. The summed E-state index contributed by atoms with van der Waals surface area (Å²) < 4.78 is 10.4. The van der Waals surface area contributed by atoms with Crippen LogP contribution < -0.4 is 4.74 Å². The average molecular weight is 182 g/mol. The predicted octanol–water partition coefficient (Wildman–Crippen LogP) is 1.81. The third kappa shape index (κ3) is 3.34. The zero-order valence-corrected chi connectivity index (χ0v) is 7.86. The Morgan fingerprint density at radius 3 is 2.85 bits per heavy atom. The van der Waals surface area contributed by atoms with Gasteiger partial charge in [-0.25, -0.2) is 0 Å². The van der Waals surface area contributed by atoms with E-state index < -0.39 is 0 Å². The van der Waals surface area contributed by atoms with Crippen molar-refractivity contribution in [2.24, 2.45) is 0 Å². The minimum absolute atomic E-state index is 0.00759. The van der Waals surface area contributed by atoms with Crippen molar-refractivity contribution in [3.05, 3.63) is 24.3 Å². The van der Waals surface area contributed by atoms with Gasteiger partial charge >= 0.3 is 0 Å². The summed E-state index contributed by atoms with van der Waals surface area (Å²) in [5.74, 6) is 0.867. The molecule has 3 heteroatoms. The highest BCUT2D eigenvalue weighted by Gasteiger charge is 2.02. The first-order valence-corrected chi connectivity index (χ1v) is 4.17. The van der Waals surface area contributed by atoms with Crippen molar-refractivity contribution in [2.75, 3.05) is 13.7 Å². The highest BCUT2D eigenvalue weighted by atomic mass is 16.5. The molecule has 1 rings (SSSR count). The standard InChI is InChI=1S/C10H14O3/c1-8(7-12-2)13-10-5-3-4-9(11)6-10/h3-6,8,11H,7H2,1-2H3. The number of phenols is 1. The Hall–Kier alpha value is -1.22. The topological polar surface area (TPSA) is 38.7 Å². The quantitative estimate of drug-likeness (QED) is 0.771. The van der Waals surface area contributed by atoms with Gasteiger partial charge in [0.1, 0.15) is 17.6 Å². The van der Waals surface area contributed by atoms with Crippen molar-refractivity contribution in [3.8, 4) is 11.5 Å². The van der Waals surface area contributed by atoms with Gasteiger partial charge in [0.15, 0.2) is 0 Å². The fraction of sp³-hybridized carbons (Fsp3) is 0.400. The predicted molar refractivity (Wildman–Crippen MR) is 50.1 cm³/mol. The first-order chi connectivity index (χ1) is 6.22. The lowest BCUT2D eigenvalue weighted by molar-refractivity contribution is 0.0919. The van der Waals surface area contributed by atoms with Gasteiger partial charge in [-0.05, 0) is 19.1 Å². The van der Waals surface area contributed by atoms with Gasteiger partial charge in [-0.3, -0.25) is 0 Å². The highest BCUT2D eigenvalue weighted by Crippen LogP contribution is 2.18. The van der Waals surface area contributed by atoms with Crippen molar-refractivity contribution in [1.82, 2.24) is 0 Å². The molecule has 1 unspecified atom stereocenters. The molecule has 0 aliphatic heterocycles. The second kappa shape index (κ2) is 4.72. The number of hydrogen-bond acceptors (Lipinski definition) is 3. The van der Waals surface area contributed by atoms with E-state index >= 15 is 0 Å². The smallest absolute Gasteiger partial charge is 0.123 e. The van der Waals surface area contributed by atoms with Crippen LogP contribution in [0.4, 0.5) is 0 Å². The molecule has 0 bridgehead atoms. The molecule has 0 spiro atoms. The number of ether oxygens (including phenoxy) is 2. The van der Waals surface area contributed by atoms with Crippen LogP contribution in [0.1, 0.15) is 6.92 Å². The Morgan fingerprint density at radius 1 is 1.46 bits per heavy atom. The second-order valence-corrected chi connectivity index (χ2v) is 2.88. The van der Waals surface area contributed by atoms with E-state index in [0.717, 1.165) is 0 Å². The van der Waals surface area contributed by atoms with Gasteiger partial charge < -0.3 is 14.6 Å². The van der Waals surface area contributed by atoms with E-state index in [-0.39, 0.29) is 11.9 Å². The van der Waals surface area contributed by atoms with Gasteiger partial charge in [0.05, 0.1) is 6.61 Å². The largest absolute Gasteiger partial charge is 0.508 e. The molecule has 0 saturated heterocycles. The molecule has 0 heterocycles. The Bertz CT molecular complexity index is 260. The molecule has 0 amide bonds. The van der Waals surface area contributed by atoms with E-state index in [1.807, 2.05) is 6.92 Å². The van der Waals surface area contributed by atoms with Crippen LogP contribution in [0.3, 0.4) is 0 Å². The van der Waals surface area contributed by atoms with Crippen molar-refractivity contribution >= 4 is 0 Å². The number of hydrogen-bond donors (Lipinski definition) is 1. The number of benzene rings is 1. The van der Waals surface area contributed by atoms with Crippen LogP contribution in [0, 0.1) is 0 Å². The minimum atomic E-state index is -0.00759. The summed E-state index contributed by atoms with van der Waals surface area (Å²) in [4.78, 5) is 0. The molecule has 0 aromatic heterocycles. The third-order valence-corrected chi connectivity index (χ3v) is 1.56. The molecular formula is C10H14O3. The van der Waals surface area contributed by atoms with Gasteiger partial charge in [0.25, 0.3) is 0 Å². The summed E-state index contributed by atoms with van der Waals surface area (Å²) in [5, 5.41) is 9.14. The van der Waals surface area contributed by atoms with Gasteiger partial charge in [-0.2, -0.15) is 0 Å². The van der Waals surface area contributed by atoms with Crippen LogP contribution in [0.5, 0.6) is 11.5 Å². The Kier molecular flexibility index (Phi) is 3.58. The van der Waals surface area contributed by atoms with Crippen molar-refractivity contribution < 1.29 is 14.6 Å². The Labute approximate surface area is 77.9 Å². The zero-order chi connectivity index (χ0) is 9.68. The highest BCUT2D eigenvalue weighted by molar-refractivity contribution is 5.31. The summed E-state index contributed by atoms with van der Waals surface area (Å²) in [6, 6.07) is 6.72. The number of phenolic OH excluding ortho intramolecular Hbond substituents is 1. The maximum Gasteiger partial charge on any atom is 0.123 e. The summed E-state index contributed by atoms with van der Waals surface area (Å²) in [6.07, 6.45) is -0.00759. The van der Waals surface area contributed by atoms with E-state index in [0.29, 0.717) is 12.4 Å². The molecule has 0 saturated carbocycles. The monoisotopic (exact) mass is 182 g/mol. The Balaban J connectivity index is 2.53. The normalized spacial score (nSPS) is 12.5. The van der Waals surface area contributed by atoms with Crippen LogP contribution in [-0.2, 0) is 4.74 Å². The van der Waals surface area contributed by atoms with Crippen LogP contribution in [0.25, 0.3) is 0 Å². The molecule has 0 radical (unpaired) electrons. The van der Waals surface area contributed by atoms with Gasteiger partial charge in [0.2, 0.25) is 0 Å². The average Bonchev–Trinajstić information content (AvgIpc) is 2.04. The van der Waals surface area contributed by atoms with Gasteiger partial charge in [0, 0.05) is 13.2 Å². The number of rotatable bonds is 4. The molecule has 3 nitrogen and oxygen atoms in total. The third-order valence-electron chi connectivity index (χ3n) is 1.56. The molecule has 72 valence electrons.